The molecular weight excluding hydrogens is 856 g/mol. The minimum Gasteiger partial charge on any atom is -0.399 e. The monoisotopic (exact) mass is 882 g/mol. The summed E-state index contributed by atoms with van der Waals surface area (Å²) in [7, 11) is 0. The van der Waals surface area contributed by atoms with Crippen molar-refractivity contribution in [1.82, 2.24) is 20.4 Å². The lowest BCUT2D eigenvalue weighted by Crippen LogP contribution is -2.26. The molecule has 2 unspecified atom stereocenters. The van der Waals surface area contributed by atoms with Gasteiger partial charge in [-0.2, -0.15) is 10.2 Å². The van der Waals surface area contributed by atoms with Crippen LogP contribution in [0, 0.1) is 0 Å². The Morgan fingerprint density at radius 1 is 0.800 bits per heavy atom. The number of alkyl halides is 3. The van der Waals surface area contributed by atoms with E-state index >= 15 is 0 Å². The Hall–Kier alpha value is -4.17. The summed E-state index contributed by atoms with van der Waals surface area (Å²) in [5.74, 6) is 0.0929. The molecule has 4 N–H and O–H groups in total. The Kier molecular flexibility index (Phi) is 12.7. The van der Waals surface area contributed by atoms with E-state index in [1.165, 1.54) is 0 Å². The molecule has 3 heterocycles. The van der Waals surface area contributed by atoms with Gasteiger partial charge in [0.25, 0.3) is 11.1 Å². The molecule has 256 valence electrons. The molecule has 14 heteroatoms. The summed E-state index contributed by atoms with van der Waals surface area (Å²) in [6, 6.07) is 29.9. The van der Waals surface area contributed by atoms with Gasteiger partial charge in [-0.25, -0.2) is 10.2 Å². The normalized spacial score (nSPS) is 14.4. The number of fused-ring (bicyclic) bond motifs is 2. The van der Waals surface area contributed by atoms with Gasteiger partial charge < -0.3 is 10.6 Å². The van der Waals surface area contributed by atoms with Crippen LogP contribution in [0.5, 0.6) is 0 Å². The van der Waals surface area contributed by atoms with Crippen molar-refractivity contribution in [2.24, 2.45) is 0 Å². The Bertz CT molecular complexity index is 2250. The van der Waals surface area contributed by atoms with Crippen LogP contribution in [0.4, 0.5) is 11.4 Å². The number of anilines is 2. The number of nitrogen functional groups attached to an aromatic ring is 1. The molecule has 0 aliphatic carbocycles. The van der Waals surface area contributed by atoms with Gasteiger partial charge in [0.1, 0.15) is 0 Å². The molecule has 2 aromatic heterocycles. The van der Waals surface area contributed by atoms with Gasteiger partial charge in [-0.15, -0.1) is 0 Å². The van der Waals surface area contributed by atoms with Crippen molar-refractivity contribution in [1.29, 1.82) is 0 Å². The van der Waals surface area contributed by atoms with E-state index in [1.807, 2.05) is 84.9 Å². The highest BCUT2D eigenvalue weighted by molar-refractivity contribution is 9.10. The highest BCUT2D eigenvalue weighted by Gasteiger charge is 2.30. The average Bonchev–Trinajstić information content (AvgIpc) is 3.47. The quantitative estimate of drug-likeness (QED) is 0.0886. The van der Waals surface area contributed by atoms with Gasteiger partial charge >= 0.3 is 0 Å². The highest BCUT2D eigenvalue weighted by atomic mass is 79.9. The lowest BCUT2D eigenvalue weighted by atomic mass is 10.0. The summed E-state index contributed by atoms with van der Waals surface area (Å²) >= 11 is 14.8. The molecule has 1 amide bonds. The van der Waals surface area contributed by atoms with Crippen LogP contribution in [0.2, 0.25) is 0 Å². The molecule has 6 aromatic rings. The summed E-state index contributed by atoms with van der Waals surface area (Å²) in [6.45, 7) is 0.716. The van der Waals surface area contributed by atoms with Crippen LogP contribution in [0.25, 0.3) is 44.1 Å². The minimum absolute atomic E-state index is 0.0929. The second kappa shape index (κ2) is 17.2. The lowest BCUT2D eigenvalue weighted by molar-refractivity contribution is -0.116. The van der Waals surface area contributed by atoms with Gasteiger partial charge in [-0.3, -0.25) is 19.2 Å². The van der Waals surface area contributed by atoms with E-state index in [4.69, 9.17) is 17.3 Å². The second-order valence-corrected chi connectivity index (χ2v) is 14.4. The van der Waals surface area contributed by atoms with Crippen LogP contribution >= 0.6 is 59.4 Å². The van der Waals surface area contributed by atoms with Crippen LogP contribution in [-0.4, -0.2) is 53.1 Å². The molecule has 2 atom stereocenters. The molecule has 0 radical (unpaired) electrons. The molecule has 1 fully saturated rings. The van der Waals surface area contributed by atoms with E-state index < -0.39 is 0 Å². The number of H-pyrrole nitrogens is 2. The van der Waals surface area contributed by atoms with Crippen molar-refractivity contribution in [3.63, 3.8) is 0 Å². The first-order chi connectivity index (χ1) is 24.1. The average molecular weight is 886 g/mol. The largest absolute Gasteiger partial charge is 0.399 e. The third-order valence-corrected chi connectivity index (χ3v) is 10.5. The van der Waals surface area contributed by atoms with Gasteiger partial charge in [0.2, 0.25) is 11.1 Å². The van der Waals surface area contributed by atoms with Gasteiger partial charge in [0.15, 0.2) is 0 Å². The van der Waals surface area contributed by atoms with Crippen molar-refractivity contribution in [2.75, 3.05) is 22.5 Å². The molecule has 50 heavy (non-hydrogen) atoms. The number of amides is 1. The number of nitrogens with zero attached hydrogens (tertiary/aromatic N) is 3. The zero-order chi connectivity index (χ0) is 35.8. The smallest absolute Gasteiger partial charge is 0.272 e. The fourth-order valence-electron chi connectivity index (χ4n) is 5.22. The van der Waals surface area contributed by atoms with E-state index in [1.54, 1.807) is 17.0 Å². The predicted octanol–water partition coefficient (Wildman–Crippen LogP) is 7.56. The number of hydrogen-bond acceptors (Lipinski definition) is 7. The Balaban J connectivity index is 0.000000165. The SMILES string of the molecule is Nc1ccc(-c2n[nH]c(=O)c3ccccc23)cc1.O=C(Cl)C(Br)CCBr.O=C1C(Br)CCN1c1ccc(-c2n[nH]c(=O)c3ccccc23)cc1. The number of aromatic nitrogens is 4. The van der Waals surface area contributed by atoms with Crippen molar-refractivity contribution >= 4 is 103 Å². The molecule has 0 saturated carbocycles. The summed E-state index contributed by atoms with van der Waals surface area (Å²) in [5, 5.41) is 16.8. The number of benzene rings is 4. The van der Waals surface area contributed by atoms with Gasteiger partial charge in [0, 0.05) is 45.1 Å². The van der Waals surface area contributed by atoms with E-state index in [9.17, 15) is 19.2 Å². The predicted molar refractivity (Wildman–Crippen MR) is 212 cm³/mol. The molecule has 7 rings (SSSR count). The molecule has 10 nitrogen and oxygen atoms in total. The molecule has 1 saturated heterocycles. The third kappa shape index (κ3) is 8.76. The van der Waals surface area contributed by atoms with E-state index in [2.05, 4.69) is 68.2 Å². The maximum Gasteiger partial charge on any atom is 0.272 e. The van der Waals surface area contributed by atoms with Crippen molar-refractivity contribution in [3.05, 3.63) is 118 Å². The van der Waals surface area contributed by atoms with Crippen molar-refractivity contribution < 1.29 is 9.59 Å². The first-order valence-electron chi connectivity index (χ1n) is 15.3. The van der Waals surface area contributed by atoms with Crippen molar-refractivity contribution in [2.45, 2.75) is 22.5 Å². The molecule has 1 aliphatic rings. The first-order valence-corrected chi connectivity index (χ1v) is 18.7. The van der Waals surface area contributed by atoms with Gasteiger partial charge in [-0.1, -0.05) is 108 Å². The third-order valence-electron chi connectivity index (χ3n) is 7.78. The van der Waals surface area contributed by atoms with Crippen LogP contribution in [0.15, 0.2) is 107 Å². The maximum absolute atomic E-state index is 12.1. The number of rotatable bonds is 6. The zero-order valence-electron chi connectivity index (χ0n) is 26.3. The number of nitrogens with one attached hydrogen (secondary N) is 2. The fraction of sp³-hybridized carbons (Fsp3) is 0.167. The first kappa shape index (κ1) is 37.1. The zero-order valence-corrected chi connectivity index (χ0v) is 31.8. The molecule has 1 aliphatic heterocycles. The van der Waals surface area contributed by atoms with Gasteiger partial charge in [-0.05, 0) is 60.8 Å². The van der Waals surface area contributed by atoms with Crippen molar-refractivity contribution in [3.8, 4) is 22.5 Å². The summed E-state index contributed by atoms with van der Waals surface area (Å²) in [5.41, 5.74) is 10.2. The lowest BCUT2D eigenvalue weighted by Gasteiger charge is -2.16. The Morgan fingerprint density at radius 2 is 1.26 bits per heavy atom. The van der Waals surface area contributed by atoms with Crippen LogP contribution < -0.4 is 21.8 Å². The summed E-state index contributed by atoms with van der Waals surface area (Å²) < 4.78 is 0. The van der Waals surface area contributed by atoms with Crippen LogP contribution in [0.1, 0.15) is 12.8 Å². The van der Waals surface area contributed by atoms with Gasteiger partial charge in [0.05, 0.1) is 31.8 Å². The highest BCUT2D eigenvalue weighted by Crippen LogP contribution is 2.30. The molecule has 4 aromatic carbocycles. The van der Waals surface area contributed by atoms with E-state index in [0.717, 1.165) is 57.1 Å². The standard InChI is InChI=1S/C18H14BrN3O2.C14H11N3O.C4H5Br2ClO/c19-15-9-10-22(18(15)24)12-7-5-11(6-8-12)16-13-3-1-2-4-14(13)17(23)21-20-16;15-10-7-5-9(6-8-10)13-11-3-1-2-4-12(11)14(18)17-16-13;5-2-1-3(6)4(7)8/h1-8,15H,9-10H2,(H,21,23);1-8H,15H2,(H,17,18);3H,1-2H2. The summed E-state index contributed by atoms with van der Waals surface area (Å²) in [6.07, 6.45) is 1.55. The minimum atomic E-state index is -0.329. The van der Waals surface area contributed by atoms with Crippen LogP contribution in [-0.2, 0) is 9.59 Å². The second-order valence-electron chi connectivity index (χ2n) is 11.1. The topological polar surface area (TPSA) is 155 Å². The molecule has 0 spiro atoms. The number of nitrogens with two attached hydrogens (primary N) is 1. The number of hydrogen-bond donors (Lipinski definition) is 3. The number of carbonyl (C=O) groups is 2. The molecule has 0 bridgehead atoms. The Labute approximate surface area is 316 Å². The van der Waals surface area contributed by atoms with E-state index in [0.29, 0.717) is 23.0 Å². The van der Waals surface area contributed by atoms with E-state index in [-0.39, 0.29) is 31.9 Å². The molecular formula is C36H30Br3ClN6O4. The number of aromatic amines is 2. The Morgan fingerprint density at radius 3 is 1.66 bits per heavy atom. The number of halogens is 4. The summed E-state index contributed by atoms with van der Waals surface area (Å²) in [4.78, 5) is 47.4. The fourth-order valence-corrected chi connectivity index (χ4v) is 7.08. The maximum atomic E-state index is 12.1. The number of carbonyl (C=O) groups excluding carboxylic acids is 2. The van der Waals surface area contributed by atoms with Crippen LogP contribution in [0.3, 0.4) is 0 Å².